The van der Waals surface area contributed by atoms with Gasteiger partial charge in [0.15, 0.2) is 5.13 Å². The van der Waals surface area contributed by atoms with Crippen LogP contribution in [0.4, 0.5) is 16.8 Å². The maximum Gasteiger partial charge on any atom is 0.240 e. The second-order valence-corrected chi connectivity index (χ2v) is 8.77. The Balaban J connectivity index is 1.77. The van der Waals surface area contributed by atoms with E-state index in [0.29, 0.717) is 11.6 Å². The Morgan fingerprint density at radius 1 is 1.14 bits per heavy atom. The van der Waals surface area contributed by atoms with Gasteiger partial charge in [-0.1, -0.05) is 11.3 Å². The van der Waals surface area contributed by atoms with Crippen LogP contribution in [0.2, 0.25) is 0 Å². The number of nitrogens with zero attached hydrogens (tertiary/aromatic N) is 3. The van der Waals surface area contributed by atoms with E-state index in [9.17, 15) is 8.42 Å². The maximum absolute atomic E-state index is 12.1. The smallest absolute Gasteiger partial charge is 0.240 e. The van der Waals surface area contributed by atoms with Gasteiger partial charge in [-0.3, -0.25) is 0 Å². The van der Waals surface area contributed by atoms with E-state index < -0.39 is 10.0 Å². The van der Waals surface area contributed by atoms with Gasteiger partial charge in [0.1, 0.15) is 0 Å². The van der Waals surface area contributed by atoms with E-state index in [1.54, 1.807) is 18.3 Å². The van der Waals surface area contributed by atoms with Crippen LogP contribution in [0.5, 0.6) is 0 Å². The summed E-state index contributed by atoms with van der Waals surface area (Å²) >= 11 is 1.53. The van der Waals surface area contributed by atoms with Crippen molar-refractivity contribution >= 4 is 38.1 Å². The normalized spacial score (nSPS) is 11.4. The minimum Gasteiger partial charge on any atom is -0.395 e. The van der Waals surface area contributed by atoms with E-state index in [2.05, 4.69) is 30.3 Å². The number of benzene rings is 1. The molecule has 4 N–H and O–H groups in total. The molecule has 0 saturated heterocycles. The highest BCUT2D eigenvalue weighted by Crippen LogP contribution is 2.31. The quantitative estimate of drug-likeness (QED) is 0.404. The highest BCUT2D eigenvalue weighted by molar-refractivity contribution is 7.89. The van der Waals surface area contributed by atoms with Gasteiger partial charge in [0.2, 0.25) is 16.0 Å². The first-order valence-electron chi connectivity index (χ1n) is 8.95. The number of nitrogens with one attached hydrogen (secondary N) is 3. The molecule has 0 aliphatic heterocycles. The minimum atomic E-state index is -3.64. The fourth-order valence-corrected chi connectivity index (χ4v) is 4.54. The lowest BCUT2D eigenvalue weighted by atomic mass is 10.3. The van der Waals surface area contributed by atoms with Crippen LogP contribution >= 0.6 is 11.3 Å². The van der Waals surface area contributed by atoms with Gasteiger partial charge in [0.05, 0.1) is 27.8 Å². The Labute approximate surface area is 173 Å². The zero-order valence-corrected chi connectivity index (χ0v) is 17.6. The van der Waals surface area contributed by atoms with Crippen LogP contribution in [0.3, 0.4) is 0 Å². The molecule has 11 heteroatoms. The number of sulfonamides is 1. The molecule has 0 atom stereocenters. The highest BCUT2D eigenvalue weighted by atomic mass is 32.2. The Hall–Kier alpha value is -2.60. The molecule has 0 aliphatic rings. The second-order valence-electron chi connectivity index (χ2n) is 6.00. The molecule has 0 saturated carbocycles. The Morgan fingerprint density at radius 3 is 2.59 bits per heavy atom. The summed E-state index contributed by atoms with van der Waals surface area (Å²) < 4.78 is 26.4. The number of aliphatic hydroxyl groups is 1. The molecule has 0 spiro atoms. The van der Waals surface area contributed by atoms with Crippen molar-refractivity contribution in [2.75, 3.05) is 30.3 Å². The molecule has 3 aromatic rings. The predicted octanol–water partition coefficient (Wildman–Crippen LogP) is 2.35. The molecule has 1 aromatic carbocycles. The molecule has 0 unspecified atom stereocenters. The number of hydrogen-bond donors (Lipinski definition) is 4. The van der Waals surface area contributed by atoms with E-state index in [-0.39, 0.29) is 18.0 Å². The summed E-state index contributed by atoms with van der Waals surface area (Å²) in [5.74, 6) is 0.398. The molecule has 0 radical (unpaired) electrons. The van der Waals surface area contributed by atoms with Gasteiger partial charge in [-0.15, -0.1) is 0 Å². The van der Waals surface area contributed by atoms with E-state index in [4.69, 9.17) is 5.11 Å². The fraction of sp³-hybridized carbons (Fsp3) is 0.278. The third-order valence-electron chi connectivity index (χ3n) is 3.84. The average molecular weight is 435 g/mol. The Kier molecular flexibility index (Phi) is 6.75. The van der Waals surface area contributed by atoms with E-state index in [0.717, 1.165) is 27.9 Å². The average Bonchev–Trinajstić information content (AvgIpc) is 3.08. The molecule has 29 heavy (non-hydrogen) atoms. The number of hydrogen-bond acceptors (Lipinski definition) is 9. The zero-order valence-electron chi connectivity index (χ0n) is 16.0. The van der Waals surface area contributed by atoms with E-state index in [1.807, 2.05) is 19.9 Å². The third kappa shape index (κ3) is 5.26. The summed E-state index contributed by atoms with van der Waals surface area (Å²) in [6.07, 6.45) is 1.66. The molecule has 0 bridgehead atoms. The van der Waals surface area contributed by atoms with Crippen molar-refractivity contribution in [1.82, 2.24) is 19.7 Å². The summed E-state index contributed by atoms with van der Waals surface area (Å²) in [4.78, 5) is 14.3. The number of aryl methyl sites for hydroxylation is 1. The van der Waals surface area contributed by atoms with Crippen molar-refractivity contribution in [3.63, 3.8) is 0 Å². The highest BCUT2D eigenvalue weighted by Gasteiger charge is 2.14. The largest absolute Gasteiger partial charge is 0.395 e. The molecule has 0 amide bonds. The lowest BCUT2D eigenvalue weighted by molar-refractivity contribution is 0.301. The lowest BCUT2D eigenvalue weighted by Gasteiger charge is -2.08. The maximum atomic E-state index is 12.1. The van der Waals surface area contributed by atoms with E-state index in [1.165, 1.54) is 23.5 Å². The predicted molar refractivity (Wildman–Crippen MR) is 114 cm³/mol. The summed E-state index contributed by atoms with van der Waals surface area (Å²) in [5, 5.41) is 15.9. The van der Waals surface area contributed by atoms with Gasteiger partial charge < -0.3 is 15.7 Å². The molecule has 2 aromatic heterocycles. The number of aromatic nitrogens is 3. The zero-order chi connectivity index (χ0) is 20.9. The molecular weight excluding hydrogens is 412 g/mol. The standard InChI is InChI=1S/C18H22N6O3S2/c1-3-19-18-22-12(2)16(28-18)15-8-9-20-17(24-15)23-13-4-6-14(7-5-13)29(26,27)21-10-11-25/h4-9,21,25H,3,10-11H2,1-2H3,(H,19,22)(H,20,23,24). The first-order chi connectivity index (χ1) is 13.9. The first kappa shape index (κ1) is 21.1. The third-order valence-corrected chi connectivity index (χ3v) is 6.45. The van der Waals surface area contributed by atoms with Gasteiger partial charge in [0.25, 0.3) is 0 Å². The SMILES string of the molecule is CCNc1nc(C)c(-c2ccnc(Nc3ccc(S(=O)(=O)NCCO)cc3)n2)s1. The second kappa shape index (κ2) is 9.27. The van der Waals surface area contributed by atoms with Crippen molar-refractivity contribution in [2.24, 2.45) is 0 Å². The minimum absolute atomic E-state index is 0.0323. The molecule has 154 valence electrons. The van der Waals surface area contributed by atoms with Crippen LogP contribution in [-0.4, -0.2) is 48.2 Å². The van der Waals surface area contributed by atoms with E-state index >= 15 is 0 Å². The van der Waals surface area contributed by atoms with Crippen LogP contribution in [0.15, 0.2) is 41.4 Å². The van der Waals surface area contributed by atoms with Crippen LogP contribution in [0, 0.1) is 6.92 Å². The number of rotatable bonds is 9. The van der Waals surface area contributed by atoms with Crippen molar-refractivity contribution in [1.29, 1.82) is 0 Å². The summed E-state index contributed by atoms with van der Waals surface area (Å²) in [6.45, 7) is 4.45. The molecule has 3 rings (SSSR count). The van der Waals surface area contributed by atoms with Gasteiger partial charge in [-0.25, -0.2) is 28.1 Å². The van der Waals surface area contributed by atoms with Gasteiger partial charge in [0, 0.05) is 25.0 Å². The molecule has 0 fully saturated rings. The van der Waals surface area contributed by atoms with Crippen LogP contribution in [0.25, 0.3) is 10.6 Å². The van der Waals surface area contributed by atoms with Gasteiger partial charge >= 0.3 is 0 Å². The van der Waals surface area contributed by atoms with Crippen LogP contribution < -0.4 is 15.4 Å². The summed E-state index contributed by atoms with van der Waals surface area (Å²) in [6, 6.07) is 8.03. The monoisotopic (exact) mass is 434 g/mol. The molecule has 9 nitrogen and oxygen atoms in total. The lowest BCUT2D eigenvalue weighted by Crippen LogP contribution is -2.26. The number of thiazole rings is 1. The summed E-state index contributed by atoms with van der Waals surface area (Å²) in [7, 11) is -3.64. The van der Waals surface area contributed by atoms with Crippen molar-refractivity contribution < 1.29 is 13.5 Å². The van der Waals surface area contributed by atoms with Gasteiger partial charge in [-0.2, -0.15) is 0 Å². The van der Waals surface area contributed by atoms with Crippen molar-refractivity contribution in [3.8, 4) is 10.6 Å². The Bertz CT molecular complexity index is 1070. The molecular formula is C18H22N6O3S2. The van der Waals surface area contributed by atoms with Crippen molar-refractivity contribution in [3.05, 3.63) is 42.2 Å². The van der Waals surface area contributed by atoms with Gasteiger partial charge in [-0.05, 0) is 44.2 Å². The number of aliphatic hydroxyl groups excluding tert-OH is 1. The number of anilines is 3. The Morgan fingerprint density at radius 2 is 1.90 bits per heavy atom. The molecule has 2 heterocycles. The molecule has 0 aliphatic carbocycles. The van der Waals surface area contributed by atoms with Crippen molar-refractivity contribution in [2.45, 2.75) is 18.7 Å². The van der Waals surface area contributed by atoms with Crippen LogP contribution in [-0.2, 0) is 10.0 Å². The van der Waals surface area contributed by atoms with Crippen LogP contribution in [0.1, 0.15) is 12.6 Å². The fourth-order valence-electron chi connectivity index (χ4n) is 2.52. The topological polar surface area (TPSA) is 129 Å². The summed E-state index contributed by atoms with van der Waals surface area (Å²) in [5.41, 5.74) is 2.30. The first-order valence-corrected chi connectivity index (χ1v) is 11.2.